The fourth-order valence-corrected chi connectivity index (χ4v) is 2.01. The molecule has 0 aliphatic carbocycles. The summed E-state index contributed by atoms with van der Waals surface area (Å²) < 4.78 is 23.6. The second-order valence-corrected chi connectivity index (χ2v) is 5.17. The highest BCUT2D eigenvalue weighted by molar-refractivity contribution is 14.0. The summed E-state index contributed by atoms with van der Waals surface area (Å²) >= 11 is 0. The van der Waals surface area contributed by atoms with E-state index in [9.17, 15) is 4.39 Å². The average Bonchev–Trinajstić information content (AvgIpc) is 2.62. The monoisotopic (exact) mass is 474 g/mol. The van der Waals surface area contributed by atoms with Gasteiger partial charge in [-0.25, -0.2) is 14.4 Å². The molecule has 142 valence electrons. The molecule has 0 saturated heterocycles. The van der Waals surface area contributed by atoms with E-state index in [4.69, 9.17) is 9.47 Å². The molecule has 0 bridgehead atoms. The average molecular weight is 474 g/mol. The molecule has 2 N–H and O–H groups in total. The van der Waals surface area contributed by atoms with Crippen LogP contribution in [0.4, 0.5) is 4.39 Å². The Kier molecular flexibility index (Phi) is 10.6. The van der Waals surface area contributed by atoms with Gasteiger partial charge in [0.15, 0.2) is 5.96 Å². The highest BCUT2D eigenvalue weighted by atomic mass is 127. The number of guanidine groups is 1. The molecule has 0 aliphatic rings. The second-order valence-electron chi connectivity index (χ2n) is 5.17. The van der Waals surface area contributed by atoms with Crippen molar-refractivity contribution in [2.75, 3.05) is 26.8 Å². The zero-order chi connectivity index (χ0) is 17.9. The quantitative estimate of drug-likeness (QED) is 0.266. The lowest BCUT2D eigenvalue weighted by molar-refractivity contribution is 0.203. The molecule has 26 heavy (non-hydrogen) atoms. The fourth-order valence-electron chi connectivity index (χ4n) is 2.01. The van der Waals surface area contributed by atoms with Crippen molar-refractivity contribution in [1.29, 1.82) is 0 Å². The summed E-state index contributed by atoms with van der Waals surface area (Å²) in [6, 6.07) is 9.50. The first-order valence-corrected chi connectivity index (χ1v) is 8.10. The Morgan fingerprint density at radius 1 is 1.19 bits per heavy atom. The third-order valence-electron chi connectivity index (χ3n) is 3.20. The fraction of sp³-hybridized carbons (Fsp3) is 0.333. The van der Waals surface area contributed by atoms with Crippen molar-refractivity contribution in [3.8, 4) is 11.6 Å². The van der Waals surface area contributed by atoms with Gasteiger partial charge in [0.25, 0.3) is 0 Å². The predicted octanol–water partition coefficient (Wildman–Crippen LogP) is 3.33. The Labute approximate surface area is 170 Å². The Morgan fingerprint density at radius 2 is 1.96 bits per heavy atom. The topological polar surface area (TPSA) is 67.8 Å². The van der Waals surface area contributed by atoms with E-state index in [-0.39, 0.29) is 29.8 Å². The first kappa shape index (κ1) is 22.1. The summed E-state index contributed by atoms with van der Waals surface area (Å²) in [7, 11) is 1.66. The number of aromatic nitrogens is 1. The summed E-state index contributed by atoms with van der Waals surface area (Å²) in [6.45, 7) is 4.54. The molecule has 2 rings (SSSR count). The largest absolute Gasteiger partial charge is 0.439 e. The van der Waals surface area contributed by atoms with Crippen LogP contribution >= 0.6 is 24.0 Å². The lowest BCUT2D eigenvalue weighted by Crippen LogP contribution is -2.38. The molecule has 1 aromatic carbocycles. The van der Waals surface area contributed by atoms with Crippen LogP contribution < -0.4 is 15.4 Å². The molecule has 0 saturated carbocycles. The van der Waals surface area contributed by atoms with Gasteiger partial charge in [0.2, 0.25) is 5.88 Å². The Morgan fingerprint density at radius 3 is 2.65 bits per heavy atom. The highest BCUT2D eigenvalue weighted by Crippen LogP contribution is 2.20. The first-order valence-electron chi connectivity index (χ1n) is 8.10. The van der Waals surface area contributed by atoms with E-state index in [1.165, 1.54) is 12.1 Å². The number of rotatable bonds is 8. The highest BCUT2D eigenvalue weighted by Gasteiger charge is 2.02. The van der Waals surface area contributed by atoms with Crippen molar-refractivity contribution in [2.24, 2.45) is 4.99 Å². The van der Waals surface area contributed by atoms with Crippen LogP contribution in [0.1, 0.15) is 12.5 Å². The number of pyridine rings is 1. The van der Waals surface area contributed by atoms with E-state index < -0.39 is 0 Å². The molecule has 0 amide bonds. The van der Waals surface area contributed by atoms with Crippen LogP contribution in [-0.2, 0) is 11.3 Å². The van der Waals surface area contributed by atoms with Crippen molar-refractivity contribution in [3.63, 3.8) is 0 Å². The van der Waals surface area contributed by atoms with E-state index in [0.717, 1.165) is 18.1 Å². The zero-order valence-electron chi connectivity index (χ0n) is 14.9. The van der Waals surface area contributed by atoms with Crippen LogP contribution in [-0.4, -0.2) is 37.7 Å². The van der Waals surface area contributed by atoms with Crippen LogP contribution in [0.25, 0.3) is 0 Å². The number of ether oxygens (including phenoxy) is 2. The Bertz CT molecular complexity index is 683. The molecule has 1 heterocycles. The number of benzene rings is 1. The van der Waals surface area contributed by atoms with Crippen molar-refractivity contribution in [3.05, 3.63) is 54.0 Å². The van der Waals surface area contributed by atoms with Crippen molar-refractivity contribution >= 4 is 29.9 Å². The molecule has 0 radical (unpaired) electrons. The number of hydrogen-bond acceptors (Lipinski definition) is 4. The minimum atomic E-state index is -0.305. The Balaban J connectivity index is 0.00000338. The molecule has 0 fully saturated rings. The maximum absolute atomic E-state index is 12.9. The van der Waals surface area contributed by atoms with Crippen molar-refractivity contribution in [1.82, 2.24) is 15.6 Å². The number of methoxy groups -OCH3 is 1. The normalized spacial score (nSPS) is 10.8. The van der Waals surface area contributed by atoms with Gasteiger partial charge < -0.3 is 20.1 Å². The van der Waals surface area contributed by atoms with Crippen LogP contribution in [0.3, 0.4) is 0 Å². The van der Waals surface area contributed by atoms with Crippen LogP contribution in [0.15, 0.2) is 47.6 Å². The first-order chi connectivity index (χ1) is 12.2. The third-order valence-corrected chi connectivity index (χ3v) is 3.20. The van der Waals surface area contributed by atoms with Gasteiger partial charge in [-0.3, -0.25) is 0 Å². The number of aliphatic imine (C=N–C) groups is 1. The molecule has 0 unspecified atom stereocenters. The maximum Gasteiger partial charge on any atom is 0.219 e. The maximum atomic E-state index is 12.9. The van der Waals surface area contributed by atoms with Crippen molar-refractivity contribution in [2.45, 2.75) is 13.5 Å². The molecular weight excluding hydrogens is 450 g/mol. The summed E-state index contributed by atoms with van der Waals surface area (Å²) in [4.78, 5) is 8.69. The standard InChI is InChI=1S/C18H23FN4O2.HI/c1-3-20-18(22-10-11-24-2)23-13-14-8-9-21-17(12-14)25-16-6-4-15(19)5-7-16;/h4-9,12H,3,10-11,13H2,1-2H3,(H2,20,22,23);1H. The molecule has 1 aromatic heterocycles. The third kappa shape index (κ3) is 7.96. The molecule has 8 heteroatoms. The second kappa shape index (κ2) is 12.4. The molecule has 0 aliphatic heterocycles. The van der Waals surface area contributed by atoms with Crippen LogP contribution in [0.2, 0.25) is 0 Å². The number of nitrogens with zero attached hydrogens (tertiary/aromatic N) is 2. The van der Waals surface area contributed by atoms with Gasteiger partial charge in [0.1, 0.15) is 11.6 Å². The van der Waals surface area contributed by atoms with Crippen LogP contribution in [0, 0.1) is 5.82 Å². The smallest absolute Gasteiger partial charge is 0.219 e. The lowest BCUT2D eigenvalue weighted by atomic mass is 10.2. The minimum Gasteiger partial charge on any atom is -0.439 e. The summed E-state index contributed by atoms with van der Waals surface area (Å²) in [5, 5.41) is 6.36. The minimum absolute atomic E-state index is 0. The number of halogens is 2. The zero-order valence-corrected chi connectivity index (χ0v) is 17.2. The molecular formula is C18H24FIN4O2. The van der Waals surface area contributed by atoms with E-state index >= 15 is 0 Å². The Hall–Kier alpha value is -1.94. The summed E-state index contributed by atoms with van der Waals surface area (Å²) in [6.07, 6.45) is 1.66. The molecule has 0 spiro atoms. The van der Waals surface area contributed by atoms with E-state index in [1.54, 1.807) is 25.4 Å². The van der Waals surface area contributed by atoms with Gasteiger partial charge in [0, 0.05) is 32.5 Å². The summed E-state index contributed by atoms with van der Waals surface area (Å²) in [5.74, 6) is 1.39. The number of nitrogens with one attached hydrogen (secondary N) is 2. The summed E-state index contributed by atoms with van der Waals surface area (Å²) in [5.41, 5.74) is 0.955. The van der Waals surface area contributed by atoms with Crippen molar-refractivity contribution < 1.29 is 13.9 Å². The lowest BCUT2D eigenvalue weighted by Gasteiger charge is -2.11. The number of hydrogen-bond donors (Lipinski definition) is 2. The van der Waals surface area contributed by atoms with E-state index in [1.807, 2.05) is 19.1 Å². The van der Waals surface area contributed by atoms with E-state index in [0.29, 0.717) is 31.3 Å². The van der Waals surface area contributed by atoms with Crippen LogP contribution in [0.5, 0.6) is 11.6 Å². The van der Waals surface area contributed by atoms with Gasteiger partial charge >= 0.3 is 0 Å². The molecule has 2 aromatic rings. The predicted molar refractivity (Wildman–Crippen MR) is 111 cm³/mol. The van der Waals surface area contributed by atoms with Gasteiger partial charge in [-0.05, 0) is 42.8 Å². The van der Waals surface area contributed by atoms with Gasteiger partial charge in [-0.1, -0.05) is 0 Å². The van der Waals surface area contributed by atoms with Gasteiger partial charge in [-0.15, -0.1) is 24.0 Å². The molecule has 0 atom stereocenters. The molecule has 6 nitrogen and oxygen atoms in total. The van der Waals surface area contributed by atoms with Gasteiger partial charge in [-0.2, -0.15) is 0 Å². The van der Waals surface area contributed by atoms with E-state index in [2.05, 4.69) is 20.6 Å². The van der Waals surface area contributed by atoms with Gasteiger partial charge in [0.05, 0.1) is 13.2 Å². The SMILES string of the molecule is CCNC(=NCc1ccnc(Oc2ccc(F)cc2)c1)NCCOC.I.